The van der Waals surface area contributed by atoms with Crippen LogP contribution >= 0.6 is 0 Å². The first-order valence-corrected chi connectivity index (χ1v) is 6.86. The van der Waals surface area contributed by atoms with Gasteiger partial charge in [0.05, 0.1) is 0 Å². The average molecular weight is 209 g/mol. The van der Waals surface area contributed by atoms with Crippen molar-refractivity contribution in [1.82, 2.24) is 0 Å². The van der Waals surface area contributed by atoms with Crippen LogP contribution in [0.3, 0.4) is 0 Å². The molecule has 0 heterocycles. The van der Waals surface area contributed by atoms with E-state index in [2.05, 4.69) is 26.0 Å². The Bertz CT molecular complexity index is 124. The fraction of sp³-hybridized carbons (Fsp3) is 0.800. The van der Waals surface area contributed by atoms with Crippen molar-refractivity contribution in [1.29, 1.82) is 0 Å². The van der Waals surface area contributed by atoms with Crippen LogP contribution in [-0.4, -0.2) is 0 Å². The summed E-state index contributed by atoms with van der Waals surface area (Å²) in [7, 11) is 0. The highest BCUT2D eigenvalue weighted by Gasteiger charge is 1.90. The van der Waals surface area contributed by atoms with Crippen LogP contribution in [0.25, 0.3) is 0 Å². The third kappa shape index (κ3) is 13.7. The third-order valence-corrected chi connectivity index (χ3v) is 2.74. The molecule has 0 aliphatic rings. The van der Waals surface area contributed by atoms with Gasteiger partial charge in [-0.2, -0.15) is 0 Å². The van der Waals surface area contributed by atoms with E-state index in [1.807, 2.05) is 0 Å². The van der Waals surface area contributed by atoms with Crippen molar-refractivity contribution in [3.05, 3.63) is 19.1 Å². The molecule has 0 N–H and O–H groups in total. The number of allylic oxidation sites excluding steroid dienone is 2. The second-order valence-corrected chi connectivity index (χ2v) is 4.38. The number of rotatable bonds is 11. The van der Waals surface area contributed by atoms with Crippen molar-refractivity contribution in [3.63, 3.8) is 0 Å². The molecule has 0 spiro atoms. The minimum absolute atomic E-state index is 1.11. The molecule has 15 heavy (non-hydrogen) atoms. The van der Waals surface area contributed by atoms with E-state index >= 15 is 0 Å². The molecule has 0 aromatic rings. The summed E-state index contributed by atoms with van der Waals surface area (Å²) in [6.07, 6.45) is 19.4. The van der Waals surface area contributed by atoms with Crippen molar-refractivity contribution in [2.45, 2.75) is 77.6 Å². The van der Waals surface area contributed by atoms with E-state index in [0.29, 0.717) is 0 Å². The highest BCUT2D eigenvalue weighted by Crippen LogP contribution is 2.09. The van der Waals surface area contributed by atoms with Gasteiger partial charge in [0.2, 0.25) is 0 Å². The highest BCUT2D eigenvalue weighted by atomic mass is 14.0. The summed E-state index contributed by atoms with van der Waals surface area (Å²) in [6, 6.07) is 0. The van der Waals surface area contributed by atoms with E-state index < -0.39 is 0 Å². The van der Waals surface area contributed by atoms with Crippen molar-refractivity contribution in [3.8, 4) is 0 Å². The molecule has 0 heteroatoms. The predicted octanol–water partition coefficient (Wildman–Crippen LogP) is 5.69. The molecule has 0 unspecified atom stereocenters. The van der Waals surface area contributed by atoms with Crippen LogP contribution in [0.2, 0.25) is 0 Å². The van der Waals surface area contributed by atoms with Crippen LogP contribution < -0.4 is 0 Å². The van der Waals surface area contributed by atoms with Gasteiger partial charge in [-0.15, -0.1) is 0 Å². The Morgan fingerprint density at radius 1 is 0.733 bits per heavy atom. The molecular weight excluding hydrogens is 180 g/mol. The first kappa shape index (κ1) is 14.7. The van der Waals surface area contributed by atoms with Gasteiger partial charge >= 0.3 is 0 Å². The van der Waals surface area contributed by atoms with E-state index in [1.165, 1.54) is 64.2 Å². The minimum Gasteiger partial charge on any atom is -0.0885 e. The largest absolute Gasteiger partial charge is 0.0885 e. The smallest absolute Gasteiger partial charge is 0.0351 e. The summed E-state index contributed by atoms with van der Waals surface area (Å²) in [4.78, 5) is 0. The van der Waals surface area contributed by atoms with Gasteiger partial charge in [-0.1, -0.05) is 77.4 Å². The number of unbranched alkanes of at least 4 members (excludes halogenated alkanes) is 9. The fourth-order valence-electron chi connectivity index (χ4n) is 1.73. The van der Waals surface area contributed by atoms with Crippen molar-refractivity contribution in [2.24, 2.45) is 0 Å². The van der Waals surface area contributed by atoms with Crippen LogP contribution in [0.4, 0.5) is 0 Å². The van der Waals surface area contributed by atoms with Gasteiger partial charge in [0.1, 0.15) is 0 Å². The molecule has 0 bridgehead atoms. The summed E-state index contributed by atoms with van der Waals surface area (Å²) < 4.78 is 0. The third-order valence-electron chi connectivity index (χ3n) is 2.74. The maximum absolute atomic E-state index is 3.86. The minimum atomic E-state index is 1.11. The van der Waals surface area contributed by atoms with Gasteiger partial charge in [-0.3, -0.25) is 0 Å². The van der Waals surface area contributed by atoms with Crippen LogP contribution in [0, 0.1) is 6.92 Å². The van der Waals surface area contributed by atoms with E-state index in [9.17, 15) is 0 Å². The zero-order chi connectivity index (χ0) is 11.2. The molecule has 0 aromatic heterocycles. The van der Waals surface area contributed by atoms with Gasteiger partial charge < -0.3 is 0 Å². The normalized spacial score (nSPS) is 11.3. The molecule has 0 saturated carbocycles. The zero-order valence-electron chi connectivity index (χ0n) is 10.6. The molecule has 0 amide bonds. The van der Waals surface area contributed by atoms with Gasteiger partial charge in [0.15, 0.2) is 0 Å². The Morgan fingerprint density at radius 2 is 1.27 bits per heavy atom. The Labute approximate surface area is 97.2 Å². The first-order chi connectivity index (χ1) is 7.41. The Morgan fingerprint density at radius 3 is 1.87 bits per heavy atom. The highest BCUT2D eigenvalue weighted by molar-refractivity contribution is 4.80. The lowest BCUT2D eigenvalue weighted by Crippen LogP contribution is -1.79. The van der Waals surface area contributed by atoms with E-state index in [4.69, 9.17) is 0 Å². The summed E-state index contributed by atoms with van der Waals surface area (Å²) in [6.45, 7) is 6.09. The Kier molecular flexibility index (Phi) is 13.5. The molecule has 0 aliphatic carbocycles. The average Bonchev–Trinajstić information content (AvgIpc) is 2.26. The maximum Gasteiger partial charge on any atom is -0.0351 e. The quantitative estimate of drug-likeness (QED) is 0.303. The summed E-state index contributed by atoms with van der Waals surface area (Å²) in [5, 5.41) is 0. The molecule has 0 rings (SSSR count). The lowest BCUT2D eigenvalue weighted by atomic mass is 10.1. The molecule has 0 fully saturated rings. The summed E-state index contributed by atoms with van der Waals surface area (Å²) in [5.41, 5.74) is 0. The van der Waals surface area contributed by atoms with Crippen LogP contribution in [0.5, 0.6) is 0 Å². The van der Waals surface area contributed by atoms with Gasteiger partial charge in [0, 0.05) is 0 Å². The lowest BCUT2D eigenvalue weighted by Gasteiger charge is -1.99. The topological polar surface area (TPSA) is 0 Å². The monoisotopic (exact) mass is 209 g/mol. The van der Waals surface area contributed by atoms with Crippen molar-refractivity contribution in [2.75, 3.05) is 0 Å². The van der Waals surface area contributed by atoms with Crippen LogP contribution in [0.15, 0.2) is 12.2 Å². The van der Waals surface area contributed by atoms with Crippen molar-refractivity contribution >= 4 is 0 Å². The Hall–Kier alpha value is -0.260. The SMILES string of the molecule is [CH2]CCCCCCCCC/C=C/CCC. The maximum atomic E-state index is 3.86. The molecule has 1 radical (unpaired) electrons. The summed E-state index contributed by atoms with van der Waals surface area (Å²) in [5.74, 6) is 0. The van der Waals surface area contributed by atoms with Gasteiger partial charge in [-0.05, 0) is 19.3 Å². The lowest BCUT2D eigenvalue weighted by molar-refractivity contribution is 0.583. The number of hydrogen-bond acceptors (Lipinski definition) is 0. The second-order valence-electron chi connectivity index (χ2n) is 4.38. The van der Waals surface area contributed by atoms with Gasteiger partial charge in [0.25, 0.3) is 0 Å². The fourth-order valence-corrected chi connectivity index (χ4v) is 1.73. The molecule has 89 valence electrons. The van der Waals surface area contributed by atoms with Gasteiger partial charge in [-0.25, -0.2) is 0 Å². The molecule has 0 nitrogen and oxygen atoms in total. The summed E-state index contributed by atoms with van der Waals surface area (Å²) >= 11 is 0. The first-order valence-electron chi connectivity index (χ1n) is 6.86. The molecule has 0 aliphatic heterocycles. The molecule has 0 saturated heterocycles. The van der Waals surface area contributed by atoms with E-state index in [1.54, 1.807) is 0 Å². The zero-order valence-corrected chi connectivity index (χ0v) is 10.6. The second kappa shape index (κ2) is 13.7. The van der Waals surface area contributed by atoms with Crippen LogP contribution in [-0.2, 0) is 0 Å². The Balaban J connectivity index is 2.92. The van der Waals surface area contributed by atoms with Crippen molar-refractivity contribution < 1.29 is 0 Å². The predicted molar refractivity (Wildman–Crippen MR) is 71.0 cm³/mol. The van der Waals surface area contributed by atoms with E-state index in [-0.39, 0.29) is 0 Å². The standard InChI is InChI=1S/C15H29/c1-3-5-7-9-11-13-15-14-12-10-8-6-4-2/h8,10H,1,3-7,9,11-15H2,2H3/b10-8+. The molecule has 0 atom stereocenters. The molecular formula is C15H29. The van der Waals surface area contributed by atoms with E-state index in [0.717, 1.165) is 6.42 Å². The number of hydrogen-bond donors (Lipinski definition) is 0. The molecule has 0 aromatic carbocycles. The van der Waals surface area contributed by atoms with Crippen LogP contribution in [0.1, 0.15) is 77.6 Å².